The number of thiophene rings is 1. The molecule has 1 atom stereocenters. The molecule has 6 heteroatoms. The number of carbonyl (C=O) groups is 1. The third-order valence-corrected chi connectivity index (χ3v) is 4.22. The fraction of sp³-hybridized carbons (Fsp3) is 0.545. The van der Waals surface area contributed by atoms with Gasteiger partial charge >= 0.3 is 0 Å². The van der Waals surface area contributed by atoms with E-state index < -0.39 is 18.5 Å². The highest BCUT2D eigenvalue weighted by atomic mass is 32.1. The van der Waals surface area contributed by atoms with Crippen LogP contribution in [0.3, 0.4) is 0 Å². The van der Waals surface area contributed by atoms with Gasteiger partial charge in [-0.05, 0) is 24.3 Å². The van der Waals surface area contributed by atoms with Crippen LogP contribution in [0.2, 0.25) is 0 Å². The Morgan fingerprint density at radius 1 is 1.59 bits per heavy atom. The van der Waals surface area contributed by atoms with Crippen molar-refractivity contribution in [1.29, 1.82) is 0 Å². The van der Waals surface area contributed by atoms with E-state index in [0.29, 0.717) is 0 Å². The Balaban J connectivity index is 1.88. The maximum absolute atomic E-state index is 12.5. The fourth-order valence-corrected chi connectivity index (χ4v) is 3.07. The van der Waals surface area contributed by atoms with E-state index in [-0.39, 0.29) is 12.1 Å². The molecule has 1 aliphatic heterocycles. The molecule has 0 radical (unpaired) electrons. The van der Waals surface area contributed by atoms with Crippen molar-refractivity contribution in [3.05, 3.63) is 22.4 Å². The lowest BCUT2D eigenvalue weighted by Crippen LogP contribution is -2.35. The standard InChI is InChI=1S/C11H12F2N2OS/c12-8(13)6-15-9(7-2-1-5-17-7)14-11(3-4-11)10(15)16/h1-2,5,8-9,14H,3-4,6H2. The van der Waals surface area contributed by atoms with Gasteiger partial charge in [0.2, 0.25) is 5.91 Å². The highest BCUT2D eigenvalue weighted by Gasteiger charge is 2.59. The second kappa shape index (κ2) is 3.74. The number of amides is 1. The molecule has 0 aromatic carbocycles. The first-order valence-corrected chi connectivity index (χ1v) is 6.41. The molecule has 0 bridgehead atoms. The molecule has 2 fully saturated rings. The zero-order chi connectivity index (χ0) is 12.0. The Bertz CT molecular complexity index is 431. The van der Waals surface area contributed by atoms with Gasteiger partial charge in [-0.25, -0.2) is 8.78 Å². The van der Waals surface area contributed by atoms with Gasteiger partial charge in [-0.1, -0.05) is 6.07 Å². The summed E-state index contributed by atoms with van der Waals surface area (Å²) >= 11 is 1.48. The third-order valence-electron chi connectivity index (χ3n) is 3.29. The van der Waals surface area contributed by atoms with Gasteiger partial charge in [0.1, 0.15) is 11.7 Å². The summed E-state index contributed by atoms with van der Waals surface area (Å²) in [6.07, 6.45) is -1.35. The number of hydrogen-bond acceptors (Lipinski definition) is 3. The van der Waals surface area contributed by atoms with Gasteiger partial charge < -0.3 is 4.90 Å². The van der Waals surface area contributed by atoms with Crippen molar-refractivity contribution in [3.63, 3.8) is 0 Å². The van der Waals surface area contributed by atoms with Gasteiger partial charge in [0.05, 0.1) is 6.54 Å². The molecular weight excluding hydrogens is 246 g/mol. The van der Waals surface area contributed by atoms with E-state index in [0.717, 1.165) is 17.7 Å². The molecule has 1 spiro atoms. The van der Waals surface area contributed by atoms with Gasteiger partial charge in [-0.3, -0.25) is 10.1 Å². The summed E-state index contributed by atoms with van der Waals surface area (Å²) in [5, 5.41) is 5.09. The number of hydrogen-bond donors (Lipinski definition) is 1. The number of nitrogens with one attached hydrogen (secondary N) is 1. The van der Waals surface area contributed by atoms with Gasteiger partial charge in [0, 0.05) is 4.88 Å². The third kappa shape index (κ3) is 1.75. The Kier molecular flexibility index (Phi) is 2.45. The van der Waals surface area contributed by atoms with E-state index in [1.807, 2.05) is 17.5 Å². The van der Waals surface area contributed by atoms with Crippen molar-refractivity contribution in [2.45, 2.75) is 31.0 Å². The first kappa shape index (κ1) is 11.1. The maximum Gasteiger partial charge on any atom is 0.255 e. The summed E-state index contributed by atoms with van der Waals surface area (Å²) in [5.74, 6) is -0.170. The SMILES string of the molecule is O=C1N(CC(F)F)C(c2cccs2)NC12CC2. The first-order valence-electron chi connectivity index (χ1n) is 5.53. The fourth-order valence-electron chi connectivity index (χ4n) is 2.29. The van der Waals surface area contributed by atoms with Crippen LogP contribution in [0.5, 0.6) is 0 Å². The normalized spacial score (nSPS) is 26.2. The van der Waals surface area contributed by atoms with E-state index in [4.69, 9.17) is 0 Å². The minimum Gasteiger partial charge on any atom is -0.315 e. The summed E-state index contributed by atoms with van der Waals surface area (Å²) in [6, 6.07) is 3.74. The quantitative estimate of drug-likeness (QED) is 0.899. The average Bonchev–Trinajstić information content (AvgIpc) is 2.76. The van der Waals surface area contributed by atoms with Crippen LogP contribution in [0.4, 0.5) is 8.78 Å². The predicted molar refractivity (Wildman–Crippen MR) is 59.9 cm³/mol. The van der Waals surface area contributed by atoms with Gasteiger partial charge in [-0.2, -0.15) is 0 Å². The molecule has 17 heavy (non-hydrogen) atoms. The van der Waals surface area contributed by atoms with Gasteiger partial charge in [0.25, 0.3) is 6.43 Å². The lowest BCUT2D eigenvalue weighted by atomic mass is 10.3. The van der Waals surface area contributed by atoms with Crippen LogP contribution < -0.4 is 5.32 Å². The summed E-state index contributed by atoms with van der Waals surface area (Å²) in [5.41, 5.74) is -0.538. The second-order valence-electron chi connectivity index (χ2n) is 4.49. The molecule has 1 aromatic rings. The second-order valence-corrected chi connectivity index (χ2v) is 5.47. The smallest absolute Gasteiger partial charge is 0.255 e. The molecule has 2 heterocycles. The molecule has 1 saturated carbocycles. The molecular formula is C11H12F2N2OS. The van der Waals surface area contributed by atoms with Crippen LogP contribution in [0, 0.1) is 0 Å². The molecule has 3 rings (SSSR count). The largest absolute Gasteiger partial charge is 0.315 e. The summed E-state index contributed by atoms with van der Waals surface area (Å²) < 4.78 is 25.1. The zero-order valence-corrected chi connectivity index (χ0v) is 9.84. The predicted octanol–water partition coefficient (Wildman–Crippen LogP) is 1.98. The number of carbonyl (C=O) groups excluding carboxylic acids is 1. The van der Waals surface area contributed by atoms with Crippen LogP contribution in [0.15, 0.2) is 17.5 Å². The van der Waals surface area contributed by atoms with E-state index in [2.05, 4.69) is 5.32 Å². The molecule has 92 valence electrons. The lowest BCUT2D eigenvalue weighted by Gasteiger charge is -2.22. The summed E-state index contributed by atoms with van der Waals surface area (Å²) in [4.78, 5) is 14.3. The Labute approximate surface area is 101 Å². The number of nitrogens with zero attached hydrogens (tertiary/aromatic N) is 1. The number of alkyl halides is 2. The Morgan fingerprint density at radius 3 is 2.88 bits per heavy atom. The molecule has 1 aliphatic carbocycles. The van der Waals surface area contributed by atoms with Crippen molar-refractivity contribution < 1.29 is 13.6 Å². The van der Waals surface area contributed by atoms with E-state index in [1.54, 1.807) is 0 Å². The molecule has 1 unspecified atom stereocenters. The summed E-state index contributed by atoms with van der Waals surface area (Å²) in [6.45, 7) is -0.490. The lowest BCUT2D eigenvalue weighted by molar-refractivity contribution is -0.132. The minimum atomic E-state index is -2.49. The molecule has 1 N–H and O–H groups in total. The van der Waals surface area contributed by atoms with Crippen LogP contribution in [0.1, 0.15) is 23.9 Å². The van der Waals surface area contributed by atoms with Gasteiger partial charge in [-0.15, -0.1) is 11.3 Å². The van der Waals surface area contributed by atoms with Gasteiger partial charge in [0.15, 0.2) is 0 Å². The molecule has 1 aromatic heterocycles. The van der Waals surface area contributed by atoms with E-state index >= 15 is 0 Å². The molecule has 1 amide bonds. The Hall–Kier alpha value is -1.01. The number of halogens is 2. The van der Waals surface area contributed by atoms with Crippen molar-refractivity contribution in [2.24, 2.45) is 0 Å². The van der Waals surface area contributed by atoms with Crippen molar-refractivity contribution in [1.82, 2.24) is 10.2 Å². The van der Waals surface area contributed by atoms with Crippen LogP contribution in [-0.2, 0) is 4.79 Å². The average molecular weight is 258 g/mol. The molecule has 1 saturated heterocycles. The van der Waals surface area contributed by atoms with Crippen LogP contribution in [0.25, 0.3) is 0 Å². The monoisotopic (exact) mass is 258 g/mol. The maximum atomic E-state index is 12.5. The van der Waals surface area contributed by atoms with E-state index in [1.165, 1.54) is 16.2 Å². The van der Waals surface area contributed by atoms with Crippen LogP contribution >= 0.6 is 11.3 Å². The molecule has 2 aliphatic rings. The molecule has 3 nitrogen and oxygen atoms in total. The van der Waals surface area contributed by atoms with Crippen molar-refractivity contribution in [2.75, 3.05) is 6.54 Å². The van der Waals surface area contributed by atoms with E-state index in [9.17, 15) is 13.6 Å². The first-order chi connectivity index (χ1) is 8.12. The summed E-state index contributed by atoms with van der Waals surface area (Å²) in [7, 11) is 0. The highest BCUT2D eigenvalue weighted by molar-refractivity contribution is 7.10. The minimum absolute atomic E-state index is 0.170. The van der Waals surface area contributed by atoms with Crippen LogP contribution in [-0.4, -0.2) is 29.3 Å². The van der Waals surface area contributed by atoms with Crippen molar-refractivity contribution in [3.8, 4) is 0 Å². The number of rotatable bonds is 3. The Morgan fingerprint density at radius 2 is 2.35 bits per heavy atom. The topological polar surface area (TPSA) is 32.3 Å². The zero-order valence-electron chi connectivity index (χ0n) is 9.03. The highest BCUT2D eigenvalue weighted by Crippen LogP contribution is 2.46. The van der Waals surface area contributed by atoms with Crippen molar-refractivity contribution >= 4 is 17.2 Å².